The predicted molar refractivity (Wildman–Crippen MR) is 358 cm³/mol. The van der Waals surface area contributed by atoms with Crippen molar-refractivity contribution in [2.24, 2.45) is 0 Å². The lowest BCUT2D eigenvalue weighted by atomic mass is 9.91. The van der Waals surface area contributed by atoms with Gasteiger partial charge in [0.05, 0.1) is 37.1 Å². The summed E-state index contributed by atoms with van der Waals surface area (Å²) in [7, 11) is -30.8. The van der Waals surface area contributed by atoms with Gasteiger partial charge in [0.2, 0.25) is 17.5 Å². The molecule has 0 heterocycles. The molecule has 0 bridgehead atoms. The monoisotopic (exact) mass is 2340 g/mol. The molecular weight excluding hydrogens is 2320 g/mol. The minimum Gasteiger partial charge on any atom is -0.397 e. The first-order valence-electron chi connectivity index (χ1n) is 32.9. The van der Waals surface area contributed by atoms with E-state index in [0.717, 1.165) is 20.8 Å². The summed E-state index contributed by atoms with van der Waals surface area (Å²) in [5, 5.41) is -11.2. The third kappa shape index (κ3) is 23.6. The van der Waals surface area contributed by atoms with Crippen molar-refractivity contribution in [2.75, 3.05) is 33.0 Å². The van der Waals surface area contributed by atoms with Crippen molar-refractivity contribution in [1.82, 2.24) is 0 Å². The zero-order valence-electron chi connectivity index (χ0n) is 64.4. The second kappa shape index (κ2) is 45.9. The smallest absolute Gasteiger partial charge is 0.397 e. The van der Waals surface area contributed by atoms with E-state index in [1.165, 1.54) is 6.92 Å². The highest BCUT2D eigenvalue weighted by Gasteiger charge is 2.97. The zero-order valence-corrected chi connectivity index (χ0v) is 73.2. The topological polar surface area (TPSA) is 46.2 Å². The SMILES string of the molecule is CCO[Si](Cl)(C(F)=C(F)F)C(F)(F)C(F)(F)C(F)(F)C(F)(F)C(F)(F)C(F)(F)C(F)(F)C(F)(F)F.CCO[Si](Cl)(C(F)=C(F)F)C(F)=C(F)F.CCO[Si](Cl)(C(F)=C(F)F)c1c(F)c(F)c(C(F)(F)F)c(F)c1F.CCO[Si](Cl)(c1c(F)c(F)c(C(F)=C(F)F)c(F)c1F)c1c(F)c(F)c(C(F)(F)F)c(F)c1F.CCO[Si](Cl)(c1c(F)c(F)c(F)c(F)c1F)c1c(F)c(F)c(C(F)=C(F)F)c(F)c1F. The third-order valence-corrected chi connectivity index (χ3v) is 36.0. The van der Waals surface area contributed by atoms with Gasteiger partial charge >= 0.3 is 134 Å². The van der Waals surface area contributed by atoms with Crippen LogP contribution in [-0.2, 0) is 34.5 Å². The van der Waals surface area contributed by atoms with Gasteiger partial charge in [-0.05, 0) is 34.6 Å². The molecule has 4 unspecified atom stereocenters. The molecule has 0 fully saturated rings. The van der Waals surface area contributed by atoms with Crippen LogP contribution in [0.3, 0.4) is 0 Å². The van der Waals surface area contributed by atoms with E-state index in [-0.39, 0.29) is 0 Å². The summed E-state index contributed by atoms with van der Waals surface area (Å²) in [5.41, 5.74) is -30.4. The summed E-state index contributed by atoms with van der Waals surface area (Å²) in [5.74, 6) is -118. The van der Waals surface area contributed by atoms with Gasteiger partial charge in [0.25, 0.3) is 0 Å². The molecule has 5 rings (SSSR count). The first-order chi connectivity index (χ1) is 62.2. The lowest BCUT2D eigenvalue weighted by Gasteiger charge is -2.44. The van der Waals surface area contributed by atoms with Crippen LogP contribution in [0.5, 0.6) is 0 Å². The molecule has 792 valence electrons. The first kappa shape index (κ1) is 130. The molecule has 4 atom stereocenters. The average Bonchev–Trinajstić information content (AvgIpc) is 0.684. The van der Waals surface area contributed by atoms with Crippen molar-refractivity contribution < 1.29 is 294 Å². The minimum absolute atomic E-state index is 0.350. The Bertz CT molecular complexity index is 5410. The molecule has 139 heavy (non-hydrogen) atoms. The number of alkyl halides is 23. The summed E-state index contributed by atoms with van der Waals surface area (Å²) in [6.07, 6.45) is -39.9. The lowest BCUT2D eigenvalue weighted by molar-refractivity contribution is -0.458. The zero-order chi connectivity index (χ0) is 111. The maximum Gasteiger partial charge on any atom is 0.460 e. The van der Waals surface area contributed by atoms with Gasteiger partial charge in [0, 0.05) is 33.0 Å². The fourth-order valence-corrected chi connectivity index (χ4v) is 25.1. The second-order valence-corrected chi connectivity index (χ2v) is 44.3. The summed E-state index contributed by atoms with van der Waals surface area (Å²) in [6.45, 7) is -0.322. The third-order valence-electron chi connectivity index (χ3n) is 15.8. The summed E-state index contributed by atoms with van der Waals surface area (Å²) in [6, 6.07) is 0. The number of benzene rings is 5. The maximum absolute atomic E-state index is 14.6. The fourth-order valence-electron chi connectivity index (χ4n) is 9.76. The van der Waals surface area contributed by atoms with E-state index < -0.39 is 371 Å². The largest absolute Gasteiger partial charge is 0.460 e. The quantitative estimate of drug-likeness (QED) is 0.0164. The lowest BCUT2D eigenvalue weighted by Crippen LogP contribution is -2.77. The van der Waals surface area contributed by atoms with Gasteiger partial charge in [0.1, 0.15) is 11.1 Å². The van der Waals surface area contributed by atoms with Crippen molar-refractivity contribution in [3.8, 4) is 0 Å². The summed E-state index contributed by atoms with van der Waals surface area (Å²) in [4.78, 5) is 0. The van der Waals surface area contributed by atoms with Crippen molar-refractivity contribution in [1.29, 1.82) is 0 Å². The van der Waals surface area contributed by atoms with Gasteiger partial charge in [-0.25, -0.2) is 119 Å². The molecule has 0 aliphatic carbocycles. The fraction of sp³-hybridized carbons (Fsp3) is 0.323. The van der Waals surface area contributed by atoms with E-state index in [1.807, 2.05) is 0 Å². The number of rotatable bonds is 28. The van der Waals surface area contributed by atoms with Crippen LogP contribution in [0.2, 0.25) is 0 Å². The number of hydrogen-bond donors (Lipinski definition) is 0. The Morgan fingerprint density at radius 3 is 0.647 bits per heavy atom. The van der Waals surface area contributed by atoms with Crippen LogP contribution < -0.4 is 25.9 Å². The molecule has 0 spiro atoms. The van der Waals surface area contributed by atoms with E-state index in [9.17, 15) is 272 Å². The Balaban J connectivity index is 0.000000888. The number of halogens is 67. The van der Waals surface area contributed by atoms with E-state index in [4.69, 9.17) is 44.3 Å². The van der Waals surface area contributed by atoms with E-state index in [2.05, 4.69) is 33.2 Å². The van der Waals surface area contributed by atoms with Gasteiger partial charge in [-0.2, -0.15) is 154 Å². The highest BCUT2D eigenvalue weighted by Crippen LogP contribution is 2.66. The first-order valence-corrected chi connectivity index (χ1v) is 47.5. The Morgan fingerprint density at radius 1 is 0.223 bits per heavy atom. The summed E-state index contributed by atoms with van der Waals surface area (Å²) < 4.78 is 842. The van der Waals surface area contributed by atoms with Gasteiger partial charge in [-0.1, -0.05) is 0 Å². The predicted octanol–water partition coefficient (Wildman–Crippen LogP) is 28.1. The van der Waals surface area contributed by atoms with Crippen LogP contribution in [0, 0.1) is 122 Å². The molecule has 0 radical (unpaired) electrons. The molecule has 77 heteroatoms. The molecule has 5 nitrogen and oxygen atoms in total. The molecule has 5 aromatic carbocycles. The highest BCUT2D eigenvalue weighted by atomic mass is 35.6. The molecule has 0 saturated heterocycles. The average molecular weight is 2350 g/mol. The van der Waals surface area contributed by atoms with Crippen molar-refractivity contribution in [2.45, 2.75) is 94.2 Å². The van der Waals surface area contributed by atoms with Crippen LogP contribution in [0.15, 0.2) is 58.3 Å². The van der Waals surface area contributed by atoms with Crippen molar-refractivity contribution in [3.63, 3.8) is 0 Å². The molecule has 0 amide bonds. The second-order valence-electron chi connectivity index (χ2n) is 24.1. The van der Waals surface area contributed by atoms with Gasteiger partial charge in [-0.3, -0.25) is 0 Å². The standard InChI is InChI=1S/C17H5ClF14OSi.C16H5ClF12OSi.C12H5ClF20OSi.C11H5ClF10OSi.C6H5ClF6OSi/c1-2-33-34(18,15-12(26)8(22)4(17(30,31)32)9(23)13(15)27)14-10(24)5(19)3(6(20)11(14)25)7(21)16(28)29;1-2-30-31(17,15-12(26)8(22)7(21)9(23)13(15)27)14-10(24)4(18)3(5(19)11(14)25)6(20)16(28)29;1-2-34-35(13,4(16)3(14)15)12(32,33)10(27,28)8(23,24)6(19,20)5(17,18)7(21,22)9(25,26)11(29,30)31;1-2-23-24(12,10(19)9(17)18)8-6(15)4(13)3(11(20,21)22)5(14)7(8)16;1-2-14-15(7,5(12)3(8)9)6(13)4(10)11/h2H2,1H3;2H2,1H3;2H2,1H3;2H2,1H3;2H2,1H3. The Labute approximate surface area is 753 Å². The van der Waals surface area contributed by atoms with E-state index in [1.54, 1.807) is 0 Å². The molecule has 5 aromatic rings. The van der Waals surface area contributed by atoms with Gasteiger partial charge < -0.3 is 22.1 Å². The molecule has 0 saturated carbocycles. The molecule has 0 aliphatic heterocycles. The highest BCUT2D eigenvalue weighted by molar-refractivity contribution is 7.31. The summed E-state index contributed by atoms with van der Waals surface area (Å²) >= 11 is 26.3. The van der Waals surface area contributed by atoms with Crippen LogP contribution in [0.1, 0.15) is 56.9 Å². The minimum atomic E-state index is -8.96. The Hall–Kier alpha value is -7.47. The van der Waals surface area contributed by atoms with Crippen LogP contribution in [0.4, 0.5) is 272 Å². The van der Waals surface area contributed by atoms with Crippen LogP contribution in [-0.4, -0.2) is 118 Å². The maximum atomic E-state index is 14.6. The molecule has 0 aliphatic rings. The molecule has 0 N–H and O–H groups in total. The van der Waals surface area contributed by atoms with Gasteiger partial charge in [-0.15, -0.1) is 55.4 Å². The Morgan fingerprint density at radius 2 is 0.432 bits per heavy atom. The normalized spacial score (nSPS) is 14.4. The Kier molecular flexibility index (Phi) is 42.7. The molecule has 0 aromatic heterocycles. The van der Waals surface area contributed by atoms with Gasteiger partial charge in [0.15, 0.2) is 138 Å². The van der Waals surface area contributed by atoms with Crippen LogP contribution in [0.25, 0.3) is 11.7 Å². The van der Waals surface area contributed by atoms with Crippen LogP contribution >= 0.6 is 55.4 Å². The van der Waals surface area contributed by atoms with Crippen molar-refractivity contribution >= 4 is 131 Å². The molecular formula is C62H25Cl5F62O5Si5. The van der Waals surface area contributed by atoms with E-state index in [0.29, 0.717) is 6.92 Å². The van der Waals surface area contributed by atoms with E-state index >= 15 is 0 Å². The number of hydrogen-bond acceptors (Lipinski definition) is 5. The van der Waals surface area contributed by atoms with Crippen molar-refractivity contribution in [3.05, 3.63) is 203 Å².